The van der Waals surface area contributed by atoms with E-state index in [1.807, 2.05) is 176 Å². The molecule has 16 aromatic carbocycles. The van der Waals surface area contributed by atoms with Gasteiger partial charge in [-0.05, 0) is 119 Å². The zero-order valence-corrected chi connectivity index (χ0v) is 60.7. The van der Waals surface area contributed by atoms with Gasteiger partial charge in [-0.3, -0.25) is 9.13 Å². The number of halogens is 1. The number of aromatic nitrogens is 10. The van der Waals surface area contributed by atoms with Crippen LogP contribution in [-0.4, -0.2) is 66.2 Å². The third kappa shape index (κ3) is 13.2. The standard InChI is InChI=1S/C48H31N5.C29H18BrN3.C19H15BN2O2/c1-4-16-33(17-5-1)45-50-46(34-18-6-2-7-19-34)52-47(51-45)44-40-25-13-11-23-38(40)37-22-10-12-24-39(37)43(44)32-28-30-35(31-29-32)48-49-41-26-14-15-27-42(41)53(48)36-20-8-3-9-21-36;30-26-24-18-10-8-16-22(24)21-15-7-9-17-23(21)25(26)29-32-27(19-11-3-1-4-12-19)31-28(33-29)20-13-5-2-6-14-20;23-20(24)15-12-10-14(11-13-15)19-21-17-8-4-5-9-18(17)22(19)16-6-2-1-3-7-16/h1-31H;1-18H;1-13,23-24H. The monoisotopic (exact) mass is 1480 g/mol. The average molecular weight is 1480 g/mol. The molecule has 110 heavy (non-hydrogen) atoms. The second-order valence-corrected chi connectivity index (χ2v) is 27.3. The molecule has 20 rings (SSSR count). The SMILES string of the molecule is Brc1c(-c2nc(-c3ccccc3)nc(-c3ccccc3)n2)c2ccccc2c2ccccc12.OB(O)c1ccc(-c2nc3ccccc3n2-c2ccccc2)cc1.c1ccc(-c2nc(-c3ccccc3)nc(-c3c(-c4ccc(-c5nc6ccccc6n5-c5ccccc5)cc4)c4ccccc4c4ccccc34)n2)cc1. The average Bonchev–Trinajstić information content (AvgIpc) is 0.994. The zero-order valence-electron chi connectivity index (χ0n) is 59.1. The second-order valence-electron chi connectivity index (χ2n) is 26.5. The van der Waals surface area contributed by atoms with Crippen LogP contribution in [0.2, 0.25) is 0 Å². The minimum atomic E-state index is -1.47. The van der Waals surface area contributed by atoms with Crippen LogP contribution in [0, 0.1) is 0 Å². The van der Waals surface area contributed by atoms with Crippen LogP contribution in [0.15, 0.2) is 381 Å². The predicted octanol–water partition coefficient (Wildman–Crippen LogP) is 22.2. The molecule has 520 valence electrons. The number of hydrogen-bond acceptors (Lipinski definition) is 10. The van der Waals surface area contributed by atoms with E-state index in [1.165, 1.54) is 16.2 Å². The highest BCUT2D eigenvalue weighted by Crippen LogP contribution is 2.46. The summed E-state index contributed by atoms with van der Waals surface area (Å²) in [6.07, 6.45) is 0. The van der Waals surface area contributed by atoms with Crippen molar-refractivity contribution in [3.8, 4) is 114 Å². The number of benzene rings is 16. The molecule has 14 heteroatoms. The van der Waals surface area contributed by atoms with Crippen LogP contribution in [0.4, 0.5) is 0 Å². The fraction of sp³-hybridized carbons (Fsp3) is 0. The maximum absolute atomic E-state index is 9.27. The van der Waals surface area contributed by atoms with Crippen LogP contribution in [0.25, 0.3) is 179 Å². The molecule has 0 aliphatic heterocycles. The smallest absolute Gasteiger partial charge is 0.423 e. The molecular formula is C96H64BBrN10O2. The van der Waals surface area contributed by atoms with Gasteiger partial charge in [-0.2, -0.15) is 0 Å². The Morgan fingerprint density at radius 1 is 0.218 bits per heavy atom. The summed E-state index contributed by atoms with van der Waals surface area (Å²) in [4.78, 5) is 40.2. The minimum absolute atomic E-state index is 0.459. The van der Waals surface area contributed by atoms with Crippen molar-refractivity contribution in [3.63, 3.8) is 0 Å². The Morgan fingerprint density at radius 3 is 0.873 bits per heavy atom. The van der Waals surface area contributed by atoms with E-state index < -0.39 is 7.12 Å². The van der Waals surface area contributed by atoms with E-state index in [9.17, 15) is 10.0 Å². The molecule has 4 heterocycles. The van der Waals surface area contributed by atoms with E-state index in [4.69, 9.17) is 39.9 Å². The minimum Gasteiger partial charge on any atom is -0.423 e. The van der Waals surface area contributed by atoms with E-state index in [0.29, 0.717) is 40.4 Å². The zero-order chi connectivity index (χ0) is 73.9. The normalized spacial score (nSPS) is 11.2. The number of rotatable bonds is 12. The van der Waals surface area contributed by atoms with Crippen LogP contribution in [0.1, 0.15) is 0 Å². The quantitative estimate of drug-likeness (QED) is 0.0893. The molecule has 0 amide bonds. The molecular weight excluding hydrogens is 1420 g/mol. The molecule has 0 atom stereocenters. The van der Waals surface area contributed by atoms with E-state index in [-0.39, 0.29) is 0 Å². The number of imidazole rings is 2. The summed E-state index contributed by atoms with van der Waals surface area (Å²) in [6.45, 7) is 0. The van der Waals surface area contributed by atoms with Crippen molar-refractivity contribution in [1.82, 2.24) is 49.0 Å². The van der Waals surface area contributed by atoms with E-state index in [1.54, 1.807) is 12.1 Å². The van der Waals surface area contributed by atoms with Gasteiger partial charge in [0.05, 0.1) is 22.1 Å². The van der Waals surface area contributed by atoms with Gasteiger partial charge in [0.1, 0.15) is 11.6 Å². The lowest BCUT2D eigenvalue weighted by molar-refractivity contribution is 0.426. The Bertz CT molecular complexity index is 6620. The van der Waals surface area contributed by atoms with Gasteiger partial charge in [0, 0.05) is 65.9 Å². The number of hydrogen-bond donors (Lipinski definition) is 2. The van der Waals surface area contributed by atoms with Gasteiger partial charge < -0.3 is 10.0 Å². The highest BCUT2D eigenvalue weighted by molar-refractivity contribution is 9.10. The summed E-state index contributed by atoms with van der Waals surface area (Å²) in [7, 11) is -1.47. The Kier molecular flexibility index (Phi) is 18.6. The third-order valence-electron chi connectivity index (χ3n) is 19.7. The van der Waals surface area contributed by atoms with Crippen molar-refractivity contribution in [3.05, 3.63) is 381 Å². The highest BCUT2D eigenvalue weighted by Gasteiger charge is 2.25. The van der Waals surface area contributed by atoms with Gasteiger partial charge in [-0.1, -0.05) is 328 Å². The lowest BCUT2D eigenvalue weighted by Gasteiger charge is -2.18. The van der Waals surface area contributed by atoms with Crippen molar-refractivity contribution in [2.24, 2.45) is 0 Å². The van der Waals surface area contributed by atoms with Crippen molar-refractivity contribution in [1.29, 1.82) is 0 Å². The van der Waals surface area contributed by atoms with Gasteiger partial charge in [0.2, 0.25) is 0 Å². The molecule has 0 unspecified atom stereocenters. The van der Waals surface area contributed by atoms with Gasteiger partial charge >= 0.3 is 7.12 Å². The Hall–Kier alpha value is -14.0. The first-order valence-corrected chi connectivity index (χ1v) is 37.0. The molecule has 2 N–H and O–H groups in total. The largest absolute Gasteiger partial charge is 0.488 e. The topological polar surface area (TPSA) is 153 Å². The van der Waals surface area contributed by atoms with E-state index >= 15 is 0 Å². The Balaban J connectivity index is 0.000000127. The second kappa shape index (κ2) is 30.1. The Morgan fingerprint density at radius 2 is 0.491 bits per heavy atom. The molecule has 0 radical (unpaired) electrons. The molecule has 0 spiro atoms. The predicted molar refractivity (Wildman–Crippen MR) is 452 cm³/mol. The van der Waals surface area contributed by atoms with Gasteiger partial charge in [0.15, 0.2) is 34.9 Å². The van der Waals surface area contributed by atoms with Crippen LogP contribution in [0.3, 0.4) is 0 Å². The molecule has 0 aliphatic carbocycles. The summed E-state index contributed by atoms with van der Waals surface area (Å²) in [5.74, 6) is 5.57. The molecule has 4 aromatic heterocycles. The summed E-state index contributed by atoms with van der Waals surface area (Å²) in [5, 5.41) is 27.7. The fourth-order valence-corrected chi connectivity index (χ4v) is 15.3. The number of nitrogens with zero attached hydrogens (tertiary/aromatic N) is 10. The lowest BCUT2D eigenvalue weighted by Crippen LogP contribution is -2.29. The van der Waals surface area contributed by atoms with E-state index in [0.717, 1.165) is 132 Å². The van der Waals surface area contributed by atoms with Gasteiger partial charge in [-0.15, -0.1) is 0 Å². The number of fused-ring (bicyclic) bond motifs is 8. The molecule has 0 aliphatic rings. The third-order valence-corrected chi connectivity index (χ3v) is 20.5. The van der Waals surface area contributed by atoms with Crippen LogP contribution < -0.4 is 5.46 Å². The molecule has 0 fully saturated rings. The first-order chi connectivity index (χ1) is 54.3. The first-order valence-electron chi connectivity index (χ1n) is 36.2. The van der Waals surface area contributed by atoms with Crippen molar-refractivity contribution in [2.45, 2.75) is 0 Å². The lowest BCUT2D eigenvalue weighted by atomic mass is 9.80. The van der Waals surface area contributed by atoms with E-state index in [2.05, 4.69) is 213 Å². The highest BCUT2D eigenvalue weighted by atomic mass is 79.9. The summed E-state index contributed by atoms with van der Waals surface area (Å²) in [5.41, 5.74) is 16.4. The maximum atomic E-state index is 9.27. The molecule has 0 saturated heterocycles. The number of para-hydroxylation sites is 6. The van der Waals surface area contributed by atoms with Crippen molar-refractivity contribution < 1.29 is 10.0 Å². The van der Waals surface area contributed by atoms with Crippen LogP contribution >= 0.6 is 15.9 Å². The molecule has 20 aromatic rings. The molecule has 12 nitrogen and oxygen atoms in total. The maximum Gasteiger partial charge on any atom is 0.488 e. The fourth-order valence-electron chi connectivity index (χ4n) is 14.5. The van der Waals surface area contributed by atoms with Gasteiger partial charge in [-0.25, -0.2) is 39.9 Å². The summed E-state index contributed by atoms with van der Waals surface area (Å²) < 4.78 is 5.34. The summed E-state index contributed by atoms with van der Waals surface area (Å²) in [6, 6.07) is 127. The first kappa shape index (κ1) is 67.8. The van der Waals surface area contributed by atoms with Crippen molar-refractivity contribution in [2.75, 3.05) is 0 Å². The molecule has 0 bridgehead atoms. The van der Waals surface area contributed by atoms with Crippen molar-refractivity contribution >= 4 is 93.7 Å². The molecule has 0 saturated carbocycles. The van der Waals surface area contributed by atoms with Gasteiger partial charge in [0.25, 0.3) is 0 Å². The summed E-state index contributed by atoms with van der Waals surface area (Å²) >= 11 is 3.90. The van der Waals surface area contributed by atoms with Crippen LogP contribution in [0.5, 0.6) is 0 Å². The van der Waals surface area contributed by atoms with Crippen LogP contribution in [-0.2, 0) is 0 Å². The Labute approximate surface area is 642 Å².